The summed E-state index contributed by atoms with van der Waals surface area (Å²) in [6.45, 7) is 8.08. The molecule has 27 heavy (non-hydrogen) atoms. The Kier molecular flexibility index (Phi) is 6.32. The highest BCUT2D eigenvalue weighted by Gasteiger charge is 2.33. The van der Waals surface area contributed by atoms with Crippen LogP contribution in [0.3, 0.4) is 0 Å². The molecule has 1 aliphatic rings. The Labute approximate surface area is 160 Å². The fraction of sp³-hybridized carbons (Fsp3) is 0.579. The van der Waals surface area contributed by atoms with Gasteiger partial charge in [-0.15, -0.1) is 0 Å². The molecule has 0 aliphatic carbocycles. The van der Waals surface area contributed by atoms with Crippen molar-refractivity contribution in [2.75, 3.05) is 13.1 Å². The minimum absolute atomic E-state index is 0.0545. The number of rotatable bonds is 5. The summed E-state index contributed by atoms with van der Waals surface area (Å²) in [5.41, 5.74) is 1.01. The number of benzene rings is 1. The molecule has 0 aromatic heterocycles. The minimum Gasteiger partial charge on any atom is -0.480 e. The average Bonchev–Trinajstić information content (AvgIpc) is 2.61. The summed E-state index contributed by atoms with van der Waals surface area (Å²) < 4.78 is 27.1. The Morgan fingerprint density at radius 1 is 1.15 bits per heavy atom. The van der Waals surface area contributed by atoms with E-state index in [9.17, 15) is 18.0 Å². The summed E-state index contributed by atoms with van der Waals surface area (Å²) in [7, 11) is -3.60. The van der Waals surface area contributed by atoms with Crippen LogP contribution in [0.2, 0.25) is 0 Å². The van der Waals surface area contributed by atoms with Crippen molar-refractivity contribution in [2.45, 2.75) is 56.9 Å². The van der Waals surface area contributed by atoms with Crippen LogP contribution in [-0.2, 0) is 25.0 Å². The predicted molar refractivity (Wildman–Crippen MR) is 102 cm³/mol. The van der Waals surface area contributed by atoms with Gasteiger partial charge in [0.2, 0.25) is 15.9 Å². The van der Waals surface area contributed by atoms with Crippen molar-refractivity contribution in [2.24, 2.45) is 5.92 Å². The Morgan fingerprint density at radius 3 is 2.11 bits per heavy atom. The number of hydrogen-bond acceptors (Lipinski definition) is 4. The van der Waals surface area contributed by atoms with E-state index in [-0.39, 0.29) is 35.2 Å². The molecule has 0 spiro atoms. The summed E-state index contributed by atoms with van der Waals surface area (Å²) in [6.07, 6.45) is 0.745. The van der Waals surface area contributed by atoms with Gasteiger partial charge in [-0.05, 0) is 42.9 Å². The molecule has 1 fully saturated rings. The van der Waals surface area contributed by atoms with Crippen molar-refractivity contribution >= 4 is 21.9 Å². The van der Waals surface area contributed by atoms with Crippen LogP contribution in [0.15, 0.2) is 29.2 Å². The topological polar surface area (TPSA) is 104 Å². The average molecular weight is 397 g/mol. The molecule has 0 bridgehead atoms. The number of carbonyl (C=O) groups is 2. The van der Waals surface area contributed by atoms with Crippen LogP contribution in [-0.4, -0.2) is 48.8 Å². The van der Waals surface area contributed by atoms with Gasteiger partial charge in [-0.2, -0.15) is 4.31 Å². The number of hydrogen-bond donors (Lipinski definition) is 2. The van der Waals surface area contributed by atoms with Crippen molar-refractivity contribution < 1.29 is 23.1 Å². The zero-order chi connectivity index (χ0) is 20.4. The van der Waals surface area contributed by atoms with E-state index in [1.54, 1.807) is 12.1 Å². The normalized spacial score (nSPS) is 18.1. The smallest absolute Gasteiger partial charge is 0.325 e. The van der Waals surface area contributed by atoms with Gasteiger partial charge in [-0.3, -0.25) is 9.59 Å². The number of amides is 1. The largest absolute Gasteiger partial charge is 0.480 e. The van der Waals surface area contributed by atoms with E-state index in [2.05, 4.69) is 26.1 Å². The molecule has 1 unspecified atom stereocenters. The fourth-order valence-corrected chi connectivity index (χ4v) is 4.50. The van der Waals surface area contributed by atoms with Gasteiger partial charge in [0.15, 0.2) is 0 Å². The van der Waals surface area contributed by atoms with Crippen LogP contribution < -0.4 is 5.32 Å². The molecule has 1 aromatic rings. The summed E-state index contributed by atoms with van der Waals surface area (Å²) in [6, 6.07) is 5.97. The van der Waals surface area contributed by atoms with Crippen LogP contribution >= 0.6 is 0 Å². The van der Waals surface area contributed by atoms with E-state index in [1.165, 1.54) is 11.2 Å². The summed E-state index contributed by atoms with van der Waals surface area (Å²) in [5.74, 6) is -1.81. The summed E-state index contributed by atoms with van der Waals surface area (Å²) in [4.78, 5) is 23.2. The van der Waals surface area contributed by atoms with E-state index >= 15 is 0 Å². The number of carboxylic acid groups (broad SMARTS) is 1. The standard InChI is InChI=1S/C19H28N2O5S/c1-13(18(23)24)20-17(22)14-9-11-21(12-10-14)27(25,26)16-7-5-15(6-8-16)19(2,3)4/h5-8,13-14H,9-12H2,1-4H3,(H,20,22)(H,23,24). The van der Waals surface area contributed by atoms with Crippen LogP contribution in [0, 0.1) is 5.92 Å². The molecule has 1 amide bonds. The SMILES string of the molecule is CC(NC(=O)C1CCN(S(=O)(=O)c2ccc(C(C)(C)C)cc2)CC1)C(=O)O. The van der Waals surface area contributed by atoms with Gasteiger partial charge < -0.3 is 10.4 Å². The Hall–Kier alpha value is -1.93. The van der Waals surface area contributed by atoms with Crippen LogP contribution in [0.1, 0.15) is 46.1 Å². The maximum absolute atomic E-state index is 12.8. The maximum atomic E-state index is 12.8. The molecule has 2 N–H and O–H groups in total. The lowest BCUT2D eigenvalue weighted by Crippen LogP contribution is -2.46. The van der Waals surface area contributed by atoms with E-state index in [4.69, 9.17) is 5.11 Å². The van der Waals surface area contributed by atoms with Gasteiger partial charge in [0.1, 0.15) is 6.04 Å². The molecular formula is C19H28N2O5S. The fourth-order valence-electron chi connectivity index (χ4n) is 3.03. The molecule has 1 atom stereocenters. The first-order valence-electron chi connectivity index (χ1n) is 9.07. The number of carbonyl (C=O) groups excluding carboxylic acids is 1. The third-order valence-electron chi connectivity index (χ3n) is 4.91. The molecule has 8 heteroatoms. The van der Waals surface area contributed by atoms with Gasteiger partial charge in [0.05, 0.1) is 4.90 Å². The van der Waals surface area contributed by atoms with Crippen LogP contribution in [0.4, 0.5) is 0 Å². The molecular weight excluding hydrogens is 368 g/mol. The second-order valence-electron chi connectivity index (χ2n) is 8.02. The summed E-state index contributed by atoms with van der Waals surface area (Å²) >= 11 is 0. The van der Waals surface area contributed by atoms with Gasteiger partial charge in [0.25, 0.3) is 0 Å². The first kappa shape index (κ1) is 21.4. The monoisotopic (exact) mass is 396 g/mol. The molecule has 1 aromatic carbocycles. The third kappa shape index (κ3) is 5.07. The van der Waals surface area contributed by atoms with Crippen molar-refractivity contribution in [3.8, 4) is 0 Å². The van der Waals surface area contributed by atoms with E-state index in [0.29, 0.717) is 12.8 Å². The van der Waals surface area contributed by atoms with Crippen LogP contribution in [0.5, 0.6) is 0 Å². The van der Waals surface area contributed by atoms with Crippen molar-refractivity contribution in [3.05, 3.63) is 29.8 Å². The van der Waals surface area contributed by atoms with E-state index < -0.39 is 22.0 Å². The number of piperidine rings is 1. The first-order chi connectivity index (χ1) is 12.4. The lowest BCUT2D eigenvalue weighted by molar-refractivity contribution is -0.142. The van der Waals surface area contributed by atoms with E-state index in [0.717, 1.165) is 5.56 Å². The third-order valence-corrected chi connectivity index (χ3v) is 6.82. The quantitative estimate of drug-likeness (QED) is 0.792. The number of sulfonamides is 1. The molecule has 1 heterocycles. The highest BCUT2D eigenvalue weighted by Crippen LogP contribution is 2.27. The van der Waals surface area contributed by atoms with Crippen molar-refractivity contribution in [3.63, 3.8) is 0 Å². The van der Waals surface area contributed by atoms with Gasteiger partial charge in [-0.1, -0.05) is 32.9 Å². The molecule has 2 rings (SSSR count). The molecule has 1 saturated heterocycles. The second kappa shape index (κ2) is 7.98. The molecule has 0 radical (unpaired) electrons. The zero-order valence-electron chi connectivity index (χ0n) is 16.2. The summed E-state index contributed by atoms with van der Waals surface area (Å²) in [5, 5.41) is 11.3. The number of nitrogens with one attached hydrogen (secondary N) is 1. The van der Waals surface area contributed by atoms with Gasteiger partial charge >= 0.3 is 5.97 Å². The number of aliphatic carboxylic acids is 1. The van der Waals surface area contributed by atoms with E-state index in [1.807, 2.05) is 12.1 Å². The molecule has 150 valence electrons. The second-order valence-corrected chi connectivity index (χ2v) is 9.96. The molecule has 7 nitrogen and oxygen atoms in total. The number of carboxylic acids is 1. The van der Waals surface area contributed by atoms with Crippen molar-refractivity contribution in [1.82, 2.24) is 9.62 Å². The lowest BCUT2D eigenvalue weighted by atomic mass is 9.87. The van der Waals surface area contributed by atoms with Crippen LogP contribution in [0.25, 0.3) is 0 Å². The molecule has 0 saturated carbocycles. The Balaban J connectivity index is 2.02. The first-order valence-corrected chi connectivity index (χ1v) is 10.5. The van der Waals surface area contributed by atoms with Gasteiger partial charge in [0, 0.05) is 19.0 Å². The zero-order valence-corrected chi connectivity index (χ0v) is 17.0. The Morgan fingerprint density at radius 2 is 1.67 bits per heavy atom. The minimum atomic E-state index is -3.60. The van der Waals surface area contributed by atoms with Gasteiger partial charge in [-0.25, -0.2) is 8.42 Å². The Bertz CT molecular complexity index is 788. The molecule has 1 aliphatic heterocycles. The maximum Gasteiger partial charge on any atom is 0.325 e. The van der Waals surface area contributed by atoms with Crippen molar-refractivity contribution in [1.29, 1.82) is 0 Å². The highest BCUT2D eigenvalue weighted by molar-refractivity contribution is 7.89. The highest BCUT2D eigenvalue weighted by atomic mass is 32.2. The number of nitrogens with zero attached hydrogens (tertiary/aromatic N) is 1. The lowest BCUT2D eigenvalue weighted by Gasteiger charge is -2.31. The predicted octanol–water partition coefficient (Wildman–Crippen LogP) is 1.97.